The predicted molar refractivity (Wildman–Crippen MR) is 51.2 cm³/mol. The van der Waals surface area contributed by atoms with E-state index in [-0.39, 0.29) is 18.0 Å². The molecule has 0 radical (unpaired) electrons. The molecule has 0 spiro atoms. The first kappa shape index (κ1) is 8.74. The molecule has 1 aliphatic carbocycles. The molecule has 0 saturated carbocycles. The van der Waals surface area contributed by atoms with Gasteiger partial charge in [-0.2, -0.15) is 0 Å². The molecule has 4 heteroatoms. The van der Waals surface area contributed by atoms with Crippen LogP contribution in [0.25, 0.3) is 0 Å². The lowest BCUT2D eigenvalue weighted by Crippen LogP contribution is -2.31. The maximum Gasteiger partial charge on any atom is 0.329 e. The fourth-order valence-electron chi connectivity index (χ4n) is 1.57. The number of rotatable bonds is 0. The predicted octanol–water partition coefficient (Wildman–Crippen LogP) is 0.937. The molecule has 2 aliphatic rings. The third kappa shape index (κ3) is 1.25. The number of carbonyl (C=O) groups excluding carboxylic acids is 2. The van der Waals surface area contributed by atoms with E-state index >= 15 is 0 Å². The van der Waals surface area contributed by atoms with Crippen LogP contribution in [0, 0.1) is 0 Å². The standard InChI is InChI=1S/C10H10N2O2/c1-7(13)12-9-6-4-2-3-5-8(9)11-10(12)14/h2-6,8H,1H3,(H,11,14). The third-order valence-corrected chi connectivity index (χ3v) is 2.17. The van der Waals surface area contributed by atoms with Gasteiger partial charge in [0, 0.05) is 6.92 Å². The van der Waals surface area contributed by atoms with Crippen molar-refractivity contribution in [2.24, 2.45) is 0 Å². The number of hydrogen-bond acceptors (Lipinski definition) is 2. The van der Waals surface area contributed by atoms with Crippen molar-refractivity contribution in [2.45, 2.75) is 13.0 Å². The van der Waals surface area contributed by atoms with E-state index in [0.717, 1.165) is 4.90 Å². The smallest absolute Gasteiger partial charge is 0.325 e. The molecule has 0 bridgehead atoms. The van der Waals surface area contributed by atoms with Gasteiger partial charge in [-0.1, -0.05) is 24.3 Å². The van der Waals surface area contributed by atoms with Gasteiger partial charge in [-0.3, -0.25) is 4.79 Å². The van der Waals surface area contributed by atoms with Gasteiger partial charge < -0.3 is 5.32 Å². The zero-order valence-corrected chi connectivity index (χ0v) is 7.73. The summed E-state index contributed by atoms with van der Waals surface area (Å²) in [6.07, 6.45) is 9.12. The van der Waals surface area contributed by atoms with Crippen molar-refractivity contribution in [2.75, 3.05) is 0 Å². The van der Waals surface area contributed by atoms with E-state index < -0.39 is 0 Å². The van der Waals surface area contributed by atoms with Gasteiger partial charge >= 0.3 is 6.03 Å². The van der Waals surface area contributed by atoms with Crippen LogP contribution in [0.15, 0.2) is 36.1 Å². The minimum absolute atomic E-state index is 0.179. The van der Waals surface area contributed by atoms with Gasteiger partial charge in [-0.25, -0.2) is 9.69 Å². The number of nitrogens with zero attached hydrogens (tertiary/aromatic N) is 1. The van der Waals surface area contributed by atoms with E-state index in [0.29, 0.717) is 5.70 Å². The highest BCUT2D eigenvalue weighted by Gasteiger charge is 2.35. The van der Waals surface area contributed by atoms with Gasteiger partial charge in [0.2, 0.25) is 5.91 Å². The van der Waals surface area contributed by atoms with Crippen molar-refractivity contribution in [1.29, 1.82) is 0 Å². The highest BCUT2D eigenvalue weighted by Crippen LogP contribution is 2.20. The number of nitrogens with one attached hydrogen (secondary N) is 1. The second kappa shape index (κ2) is 3.14. The zero-order valence-electron chi connectivity index (χ0n) is 7.73. The first-order valence-electron chi connectivity index (χ1n) is 4.36. The van der Waals surface area contributed by atoms with Crippen LogP contribution in [0.2, 0.25) is 0 Å². The van der Waals surface area contributed by atoms with Crippen molar-refractivity contribution in [1.82, 2.24) is 10.2 Å². The van der Waals surface area contributed by atoms with Crippen molar-refractivity contribution in [3.05, 3.63) is 36.1 Å². The van der Waals surface area contributed by atoms with Crippen LogP contribution in [0.3, 0.4) is 0 Å². The Morgan fingerprint density at radius 2 is 2.21 bits per heavy atom. The lowest BCUT2D eigenvalue weighted by molar-refractivity contribution is -0.124. The summed E-state index contributed by atoms with van der Waals surface area (Å²) in [5, 5.41) is 2.70. The summed E-state index contributed by atoms with van der Waals surface area (Å²) in [6.45, 7) is 1.38. The molecule has 1 fully saturated rings. The average Bonchev–Trinajstić information content (AvgIpc) is 2.31. The summed E-state index contributed by atoms with van der Waals surface area (Å²) in [5.41, 5.74) is 0.688. The van der Waals surface area contributed by atoms with Crippen molar-refractivity contribution >= 4 is 11.9 Å². The van der Waals surface area contributed by atoms with Gasteiger partial charge in [0.25, 0.3) is 0 Å². The number of fused-ring (bicyclic) bond motifs is 1. The summed E-state index contributed by atoms with van der Waals surface area (Å²) in [6, 6.07) is -0.532. The topological polar surface area (TPSA) is 49.4 Å². The Balaban J connectivity index is 2.41. The molecule has 1 N–H and O–H groups in total. The number of hydrogen-bond donors (Lipinski definition) is 1. The summed E-state index contributed by atoms with van der Waals surface area (Å²) >= 11 is 0. The monoisotopic (exact) mass is 190 g/mol. The Morgan fingerprint density at radius 1 is 1.43 bits per heavy atom. The second-order valence-electron chi connectivity index (χ2n) is 3.14. The number of allylic oxidation sites excluding steroid dienone is 4. The van der Waals surface area contributed by atoms with E-state index in [4.69, 9.17) is 0 Å². The van der Waals surface area contributed by atoms with Crippen LogP contribution in [0.5, 0.6) is 0 Å². The molecule has 0 aromatic heterocycles. The van der Waals surface area contributed by atoms with Crippen molar-refractivity contribution in [3.63, 3.8) is 0 Å². The summed E-state index contributed by atoms with van der Waals surface area (Å²) in [7, 11) is 0. The molecule has 1 atom stereocenters. The summed E-state index contributed by atoms with van der Waals surface area (Å²) in [4.78, 5) is 23.7. The van der Waals surface area contributed by atoms with Crippen LogP contribution >= 0.6 is 0 Å². The van der Waals surface area contributed by atoms with E-state index in [2.05, 4.69) is 5.32 Å². The zero-order chi connectivity index (χ0) is 10.1. The lowest BCUT2D eigenvalue weighted by Gasteiger charge is -2.11. The Hall–Kier alpha value is -1.84. The third-order valence-electron chi connectivity index (χ3n) is 2.17. The number of carbonyl (C=O) groups is 2. The van der Waals surface area contributed by atoms with Gasteiger partial charge in [-0.15, -0.1) is 0 Å². The van der Waals surface area contributed by atoms with Gasteiger partial charge in [0.05, 0.1) is 11.7 Å². The highest BCUT2D eigenvalue weighted by molar-refractivity contribution is 5.98. The van der Waals surface area contributed by atoms with E-state index in [9.17, 15) is 9.59 Å². The Bertz CT molecular complexity index is 380. The molecule has 3 amide bonds. The highest BCUT2D eigenvalue weighted by atomic mass is 16.2. The van der Waals surface area contributed by atoms with Crippen molar-refractivity contribution in [3.8, 4) is 0 Å². The maximum absolute atomic E-state index is 11.4. The fourth-order valence-corrected chi connectivity index (χ4v) is 1.57. The van der Waals surface area contributed by atoms with Gasteiger partial charge in [-0.05, 0) is 6.08 Å². The molecule has 14 heavy (non-hydrogen) atoms. The normalized spacial score (nSPS) is 24.1. The Kier molecular flexibility index (Phi) is 1.96. The molecule has 4 nitrogen and oxygen atoms in total. The minimum Gasteiger partial charge on any atom is -0.325 e. The molecule has 1 aliphatic heterocycles. The Labute approximate surface area is 81.6 Å². The summed E-state index contributed by atoms with van der Waals surface area (Å²) in [5.74, 6) is -0.264. The van der Waals surface area contributed by atoms with Crippen molar-refractivity contribution < 1.29 is 9.59 Å². The van der Waals surface area contributed by atoms with E-state index in [1.807, 2.05) is 24.3 Å². The quantitative estimate of drug-likeness (QED) is 0.618. The SMILES string of the molecule is CC(=O)N1C(=O)NC2C=CC=CC=C21. The maximum atomic E-state index is 11.4. The lowest BCUT2D eigenvalue weighted by atomic mass is 10.2. The van der Waals surface area contributed by atoms with Crippen LogP contribution in [-0.2, 0) is 4.79 Å². The average molecular weight is 190 g/mol. The van der Waals surface area contributed by atoms with Gasteiger partial charge in [0.15, 0.2) is 0 Å². The van der Waals surface area contributed by atoms with E-state index in [1.54, 1.807) is 6.08 Å². The molecule has 1 saturated heterocycles. The number of amides is 3. The molecule has 1 unspecified atom stereocenters. The number of imide groups is 1. The van der Waals surface area contributed by atoms with E-state index in [1.165, 1.54) is 6.92 Å². The van der Waals surface area contributed by atoms with Crippen LogP contribution in [0.4, 0.5) is 4.79 Å². The van der Waals surface area contributed by atoms with Crippen LogP contribution < -0.4 is 5.32 Å². The largest absolute Gasteiger partial charge is 0.329 e. The fraction of sp³-hybridized carbons (Fsp3) is 0.200. The molecule has 1 heterocycles. The minimum atomic E-state index is -0.353. The molecule has 72 valence electrons. The van der Waals surface area contributed by atoms with Gasteiger partial charge in [0.1, 0.15) is 0 Å². The molecule has 0 aromatic carbocycles. The van der Waals surface area contributed by atoms with Crippen LogP contribution in [-0.4, -0.2) is 22.9 Å². The Morgan fingerprint density at radius 3 is 2.93 bits per heavy atom. The molecule has 0 aromatic rings. The molecule has 2 rings (SSSR count). The molecular weight excluding hydrogens is 180 g/mol. The number of urea groups is 1. The first-order valence-corrected chi connectivity index (χ1v) is 4.36. The summed E-state index contributed by atoms with van der Waals surface area (Å²) < 4.78 is 0. The first-order chi connectivity index (χ1) is 6.70. The second-order valence-corrected chi connectivity index (χ2v) is 3.14. The van der Waals surface area contributed by atoms with Crippen LogP contribution in [0.1, 0.15) is 6.92 Å². The molecular formula is C10H10N2O2.